The molecule has 18 aromatic rings. The van der Waals surface area contributed by atoms with Crippen LogP contribution < -0.4 is 29.1 Å². The summed E-state index contributed by atoms with van der Waals surface area (Å²) in [5, 5.41) is 0. The van der Waals surface area contributed by atoms with Crippen LogP contribution in [0.3, 0.4) is 0 Å². The molecular formula is C132H86N4O10. The summed E-state index contributed by atoms with van der Waals surface area (Å²) in [5.74, 6) is -1.66. The van der Waals surface area contributed by atoms with Crippen molar-refractivity contribution >= 4 is 139 Å². The van der Waals surface area contributed by atoms with Crippen molar-refractivity contribution in [3.8, 4) is 56.0 Å². The minimum absolute atomic E-state index is 0.0413. The molecule has 0 N–H and O–H groups in total. The molecule has 14 heteroatoms. The van der Waals surface area contributed by atoms with Crippen LogP contribution in [0.15, 0.2) is 508 Å². The van der Waals surface area contributed by atoms with Gasteiger partial charge in [-0.1, -0.05) is 297 Å². The zero-order valence-electron chi connectivity index (χ0n) is 78.5. The number of rotatable bonds is 21. The van der Waals surface area contributed by atoms with Crippen LogP contribution in [0.1, 0.15) is 105 Å². The third kappa shape index (κ3) is 17.5. The van der Waals surface area contributed by atoms with Crippen molar-refractivity contribution in [1.82, 2.24) is 0 Å². The molecule has 0 radical (unpaired) electrons. The van der Waals surface area contributed by atoms with E-state index in [1.165, 1.54) is 0 Å². The Morgan fingerprint density at radius 3 is 0.870 bits per heavy atom. The van der Waals surface area contributed by atoms with Crippen molar-refractivity contribution in [2.75, 3.05) is 19.6 Å². The van der Waals surface area contributed by atoms with Gasteiger partial charge in [0.2, 0.25) is 11.6 Å². The van der Waals surface area contributed by atoms with Crippen molar-refractivity contribution in [2.24, 2.45) is 5.92 Å². The second-order valence-corrected chi connectivity index (χ2v) is 36.0. The molecular weight excluding hydrogens is 1800 g/mol. The summed E-state index contributed by atoms with van der Waals surface area (Å²) >= 11 is 0. The molecule has 0 saturated carbocycles. The third-order valence-corrected chi connectivity index (χ3v) is 27.2. The lowest BCUT2D eigenvalue weighted by atomic mass is 9.94. The summed E-state index contributed by atoms with van der Waals surface area (Å²) in [5.41, 5.74) is 26.8. The molecule has 24 rings (SSSR count). The monoisotopic (exact) mass is 1890 g/mol. The second kappa shape index (κ2) is 39.2. The van der Waals surface area contributed by atoms with Gasteiger partial charge in [0, 0.05) is 136 Å². The van der Waals surface area contributed by atoms with Crippen molar-refractivity contribution in [2.45, 2.75) is 6.10 Å². The smallest absolute Gasteiger partial charge is 0.201 e. The predicted molar refractivity (Wildman–Crippen MR) is 582 cm³/mol. The quantitative estimate of drug-likeness (QED) is 0.0378. The van der Waals surface area contributed by atoms with Gasteiger partial charge in [-0.15, -0.1) is 0 Å². The maximum absolute atomic E-state index is 13.4. The number of carbonyl (C=O) groups excluding carboxylic acids is 8. The number of allylic oxidation sites excluding steroid dienone is 8. The van der Waals surface area contributed by atoms with Gasteiger partial charge in [0.15, 0.2) is 34.7 Å². The second-order valence-electron chi connectivity index (χ2n) is 36.0. The molecule has 0 bridgehead atoms. The summed E-state index contributed by atoms with van der Waals surface area (Å²) in [4.78, 5) is 116. The average Bonchev–Trinajstić information content (AvgIpc) is 1.66. The van der Waals surface area contributed by atoms with Crippen LogP contribution in [-0.2, 0) is 0 Å². The molecule has 0 aromatic heterocycles. The van der Waals surface area contributed by atoms with Gasteiger partial charge in [-0.3, -0.25) is 38.4 Å². The standard InChI is InChI=1S/C72H48N2O4.C60H38N2O6/c75-69-63-45-35-55(51-17-5-1-6-18-51)47-67(63)71(77)65(69)25-13-15-49-27-37-59(38-28-49)73(57-21-9-3-10-22-57)61-41-31-53(32-42-61)54-33-43-62(44-34-54)74(58-23-11-4-12-24-58)60-39-29-50(30-40-60)16-14-26-66-70(76)64-46-36-56(48-68(64)72(66)78)52-19-7-2-8-20-52;63-57-47-15-7-8-16-48(47)58(64)55(57)51-33-25-39-23-31-45(35-53(39)67-51)61(41-11-3-1-4-12-41)43-27-19-37(20-28-43)38-21-29-44(30-22-38)62(42-13-5-2-6-14-42)46-32-24-40-26-34-52(68-54(40)36-46)56-59(65)49-17-9-10-18-50(49)60(56)66/h1-48H;1-36,51,55H/b15-13+,16-14+,65-25+,66-26+;. The Balaban J connectivity index is 0.000000163. The number of fused-ring (bicyclic) bond motifs is 6. The highest BCUT2D eigenvalue weighted by Crippen LogP contribution is 2.48. The number of ketones is 8. The normalized spacial score (nSPS) is 14.7. The van der Waals surface area contributed by atoms with E-state index < -0.39 is 12.0 Å². The lowest BCUT2D eigenvalue weighted by Crippen LogP contribution is -2.34. The number of benzene rings is 18. The van der Waals surface area contributed by atoms with Gasteiger partial charge in [-0.2, -0.15) is 0 Å². The van der Waals surface area contributed by atoms with Crippen molar-refractivity contribution in [3.05, 3.63) is 575 Å². The van der Waals surface area contributed by atoms with Crippen LogP contribution in [0.25, 0.3) is 68.8 Å². The molecule has 6 aliphatic rings. The van der Waals surface area contributed by atoms with E-state index in [2.05, 4.69) is 177 Å². The molecule has 2 heterocycles. The molecule has 0 amide bonds. The number of nitrogens with zero attached hydrogens (tertiary/aromatic N) is 4. The van der Waals surface area contributed by atoms with Crippen LogP contribution in [0, 0.1) is 5.92 Å². The van der Waals surface area contributed by atoms with Gasteiger partial charge in [0.1, 0.15) is 34.9 Å². The van der Waals surface area contributed by atoms with Crippen LogP contribution >= 0.6 is 0 Å². The van der Waals surface area contributed by atoms with E-state index in [4.69, 9.17) is 9.47 Å². The molecule has 18 aromatic carbocycles. The highest BCUT2D eigenvalue weighted by atomic mass is 16.5. The Labute approximate surface area is 843 Å². The highest BCUT2D eigenvalue weighted by Gasteiger charge is 2.45. The van der Waals surface area contributed by atoms with E-state index in [9.17, 15) is 38.4 Å². The Hall–Kier alpha value is -19.7. The van der Waals surface area contributed by atoms with Gasteiger partial charge in [-0.05, 0) is 256 Å². The van der Waals surface area contributed by atoms with E-state index in [0.717, 1.165) is 135 Å². The van der Waals surface area contributed by atoms with Crippen molar-refractivity contribution in [1.29, 1.82) is 0 Å². The molecule has 0 saturated heterocycles. The summed E-state index contributed by atoms with van der Waals surface area (Å²) < 4.78 is 12.8. The van der Waals surface area contributed by atoms with Crippen LogP contribution in [0.4, 0.5) is 68.2 Å². The van der Waals surface area contributed by atoms with Gasteiger partial charge in [0.05, 0.1) is 11.1 Å². The summed E-state index contributed by atoms with van der Waals surface area (Å²) in [6.07, 6.45) is 17.2. The molecule has 146 heavy (non-hydrogen) atoms. The summed E-state index contributed by atoms with van der Waals surface area (Å²) in [7, 11) is 0. The van der Waals surface area contributed by atoms with Crippen molar-refractivity contribution in [3.63, 3.8) is 0 Å². The van der Waals surface area contributed by atoms with Crippen LogP contribution in [0.5, 0.6) is 11.5 Å². The molecule has 694 valence electrons. The fourth-order valence-corrected chi connectivity index (χ4v) is 19.8. The minimum atomic E-state index is -0.930. The molecule has 1 unspecified atom stereocenters. The number of Topliss-reactive ketones (excluding diaryl/α,β-unsaturated/α-hetero) is 8. The third-order valence-electron chi connectivity index (χ3n) is 27.2. The zero-order valence-corrected chi connectivity index (χ0v) is 78.5. The Bertz CT molecular complexity index is 8170. The van der Waals surface area contributed by atoms with E-state index in [-0.39, 0.29) is 68.7 Å². The maximum Gasteiger partial charge on any atom is 0.201 e. The first-order valence-electron chi connectivity index (χ1n) is 48.2. The number of para-hydroxylation sites is 4. The fraction of sp³-hybridized carbons (Fsp3) is 0.0152. The Kier molecular flexibility index (Phi) is 24.2. The topological polar surface area (TPSA) is 168 Å². The fourth-order valence-electron chi connectivity index (χ4n) is 19.8. The number of anilines is 12. The Morgan fingerprint density at radius 1 is 0.219 bits per heavy atom. The molecule has 14 nitrogen and oxygen atoms in total. The first kappa shape index (κ1) is 90.2. The van der Waals surface area contributed by atoms with E-state index in [1.54, 1.807) is 91.0 Å². The van der Waals surface area contributed by atoms with Crippen LogP contribution in [0.2, 0.25) is 0 Å². The maximum atomic E-state index is 13.4. The van der Waals surface area contributed by atoms with Crippen LogP contribution in [-0.4, -0.2) is 52.4 Å². The average molecular weight is 1890 g/mol. The molecule has 4 aliphatic carbocycles. The van der Waals surface area contributed by atoms with Gasteiger partial charge < -0.3 is 29.1 Å². The van der Waals surface area contributed by atoms with Gasteiger partial charge in [-0.25, -0.2) is 0 Å². The van der Waals surface area contributed by atoms with Crippen molar-refractivity contribution < 1.29 is 47.8 Å². The predicted octanol–water partition coefficient (Wildman–Crippen LogP) is 31.2. The number of hydrogen-bond donors (Lipinski definition) is 0. The van der Waals surface area contributed by atoms with E-state index in [0.29, 0.717) is 56.0 Å². The first-order chi connectivity index (χ1) is 71.7. The van der Waals surface area contributed by atoms with Gasteiger partial charge in [0.25, 0.3) is 0 Å². The zero-order chi connectivity index (χ0) is 98.8. The lowest BCUT2D eigenvalue weighted by Gasteiger charge is -2.29. The molecule has 0 spiro atoms. The van der Waals surface area contributed by atoms with E-state index >= 15 is 0 Å². The molecule has 0 fully saturated rings. The lowest BCUT2D eigenvalue weighted by molar-refractivity contribution is 0.0721. The summed E-state index contributed by atoms with van der Waals surface area (Å²) in [6.45, 7) is 0. The number of hydrogen-bond acceptors (Lipinski definition) is 14. The van der Waals surface area contributed by atoms with Gasteiger partial charge >= 0.3 is 0 Å². The largest absolute Gasteiger partial charge is 0.484 e. The molecule has 2 aliphatic heterocycles. The van der Waals surface area contributed by atoms with E-state index in [1.807, 2.05) is 261 Å². The number of carbonyl (C=O) groups is 8. The number of ether oxygens (including phenoxy) is 2. The highest BCUT2D eigenvalue weighted by molar-refractivity contribution is 6.41. The minimum Gasteiger partial charge on any atom is -0.484 e. The first-order valence-corrected chi connectivity index (χ1v) is 48.2. The summed E-state index contributed by atoms with van der Waals surface area (Å²) in [6, 6.07) is 147. The SMILES string of the molecule is O=C1/C(=C\C=C\c2ccc(N(c3ccccc3)c3ccc(-c4ccc(N(c5ccccc5)c5ccc(/C=C/C=C6\C(=O)c7ccc(-c8ccccc8)cc7C6=O)cc5)cc4)cc3)cc2)C(=O)c2cc(-c3ccccc3)ccc21.O=C1C(=C2C=Cc3ccc(N(c4ccccc4)c4ccc(-c5ccc(N(c6ccccc6)c6ccc7c(c6)OC(C6C(=O)c8ccccc8C6=O)C=C7)cc5)cc4)cc3O2)C(=O)c2ccccc21. The Morgan fingerprint density at radius 2 is 0.500 bits per heavy atom. The molecule has 1 atom stereocenters.